The molecule has 0 atom stereocenters. The molecule has 29 heavy (non-hydrogen) atoms. The number of nitrogens with zero attached hydrogens (tertiary/aromatic N) is 2. The second kappa shape index (κ2) is 8.04. The van der Waals surface area contributed by atoms with Gasteiger partial charge in [0, 0.05) is 36.9 Å². The van der Waals surface area contributed by atoms with E-state index >= 15 is 0 Å². The van der Waals surface area contributed by atoms with Crippen molar-refractivity contribution in [3.63, 3.8) is 0 Å². The number of hydrogen-bond donors (Lipinski definition) is 0. The normalized spacial score (nSPS) is 16.1. The number of sulfonamides is 1. The smallest absolute Gasteiger partial charge is 0.416 e. The molecule has 0 aromatic heterocycles. The van der Waals surface area contributed by atoms with Crippen LogP contribution in [0.2, 0.25) is 5.02 Å². The molecule has 5 nitrogen and oxygen atoms in total. The summed E-state index contributed by atoms with van der Waals surface area (Å²) < 4.78 is 71.5. The summed E-state index contributed by atoms with van der Waals surface area (Å²) in [5, 5.41) is 0.312. The third-order valence-corrected chi connectivity index (χ3v) is 7.17. The van der Waals surface area contributed by atoms with Gasteiger partial charge in [-0.2, -0.15) is 17.5 Å². The summed E-state index contributed by atoms with van der Waals surface area (Å²) in [5.74, 6) is 0.201. The number of alkyl halides is 3. The fraction of sp³-hybridized carbons (Fsp3) is 0.368. The van der Waals surface area contributed by atoms with E-state index in [1.165, 1.54) is 23.5 Å². The summed E-state index contributed by atoms with van der Waals surface area (Å²) in [4.78, 5) is 1.71. The molecule has 0 amide bonds. The van der Waals surface area contributed by atoms with Gasteiger partial charge in [0.1, 0.15) is 10.6 Å². The zero-order chi connectivity index (χ0) is 21.4. The first-order valence-electron chi connectivity index (χ1n) is 8.80. The Hall–Kier alpha value is -1.97. The van der Waals surface area contributed by atoms with Gasteiger partial charge in [-0.3, -0.25) is 0 Å². The molecule has 1 fully saturated rings. The maximum atomic E-state index is 13.1. The Labute approximate surface area is 172 Å². The Morgan fingerprint density at radius 1 is 1.07 bits per heavy atom. The molecule has 0 N–H and O–H groups in total. The Morgan fingerprint density at radius 3 is 2.31 bits per heavy atom. The van der Waals surface area contributed by atoms with Gasteiger partial charge in [-0.1, -0.05) is 17.7 Å². The monoisotopic (exact) mass is 448 g/mol. The van der Waals surface area contributed by atoms with Crippen LogP contribution in [0.4, 0.5) is 18.9 Å². The van der Waals surface area contributed by atoms with E-state index in [9.17, 15) is 21.6 Å². The Morgan fingerprint density at radius 2 is 1.72 bits per heavy atom. The van der Waals surface area contributed by atoms with Gasteiger partial charge in [-0.15, -0.1) is 0 Å². The number of ether oxygens (including phenoxy) is 1. The van der Waals surface area contributed by atoms with Crippen LogP contribution in [-0.4, -0.2) is 46.0 Å². The highest BCUT2D eigenvalue weighted by atomic mass is 35.5. The highest BCUT2D eigenvalue weighted by Gasteiger charge is 2.33. The molecular formula is C19H20ClF3N2O3S. The molecule has 1 aliphatic rings. The molecule has 1 aliphatic heterocycles. The molecule has 158 valence electrons. The standard InChI is InChI=1S/C19H20ClF3N2O3S/c1-13-10-17(28-2)18(12-16(13)20)29(26,27)25-8-6-24(7-9-25)15-5-3-4-14(11-15)19(21,22)23/h3-5,10-12H,6-9H2,1-2H3. The number of rotatable bonds is 4. The van der Waals surface area contributed by atoms with Crippen LogP contribution in [0.3, 0.4) is 0 Å². The van der Waals surface area contributed by atoms with Crippen LogP contribution >= 0.6 is 11.6 Å². The quantitative estimate of drug-likeness (QED) is 0.704. The molecule has 2 aromatic rings. The number of hydrogen-bond acceptors (Lipinski definition) is 4. The number of anilines is 1. The summed E-state index contributed by atoms with van der Waals surface area (Å²) in [6.45, 7) is 2.54. The van der Waals surface area contributed by atoms with E-state index in [0.717, 1.165) is 12.1 Å². The van der Waals surface area contributed by atoms with Gasteiger partial charge >= 0.3 is 6.18 Å². The fourth-order valence-corrected chi connectivity index (χ4v) is 5.02. The van der Waals surface area contributed by atoms with Crippen molar-refractivity contribution in [3.8, 4) is 5.75 Å². The summed E-state index contributed by atoms with van der Waals surface area (Å²) in [6, 6.07) is 7.95. The first kappa shape index (κ1) is 21.7. The van der Waals surface area contributed by atoms with Crippen LogP contribution in [0.5, 0.6) is 5.75 Å². The highest BCUT2D eigenvalue weighted by molar-refractivity contribution is 7.89. The predicted octanol–water partition coefficient (Wildman–Crippen LogP) is 4.19. The van der Waals surface area contributed by atoms with E-state index < -0.39 is 21.8 Å². The second-order valence-corrected chi connectivity index (χ2v) is 9.01. The van der Waals surface area contributed by atoms with Crippen LogP contribution in [0.25, 0.3) is 0 Å². The molecule has 1 heterocycles. The molecule has 2 aromatic carbocycles. The molecule has 0 unspecified atom stereocenters. The Kier molecular flexibility index (Phi) is 6.03. The number of methoxy groups -OCH3 is 1. The van der Waals surface area contributed by atoms with Crippen molar-refractivity contribution in [2.24, 2.45) is 0 Å². The lowest BCUT2D eigenvalue weighted by molar-refractivity contribution is -0.137. The van der Waals surface area contributed by atoms with Gasteiger partial charge in [0.2, 0.25) is 10.0 Å². The van der Waals surface area contributed by atoms with Crippen molar-refractivity contribution in [1.29, 1.82) is 0 Å². The summed E-state index contributed by atoms with van der Waals surface area (Å²) in [7, 11) is -2.48. The van der Waals surface area contributed by atoms with Crippen molar-refractivity contribution < 1.29 is 26.3 Å². The topological polar surface area (TPSA) is 49.9 Å². The first-order valence-corrected chi connectivity index (χ1v) is 10.6. The second-order valence-electron chi connectivity index (χ2n) is 6.69. The minimum absolute atomic E-state index is 0.0249. The number of benzene rings is 2. The van der Waals surface area contributed by atoms with Crippen LogP contribution in [0, 0.1) is 6.92 Å². The third-order valence-electron chi connectivity index (χ3n) is 4.84. The van der Waals surface area contributed by atoms with E-state index in [2.05, 4.69) is 0 Å². The molecule has 10 heteroatoms. The Bertz CT molecular complexity index is 1000. The Balaban J connectivity index is 1.80. The van der Waals surface area contributed by atoms with Gasteiger partial charge in [-0.25, -0.2) is 8.42 Å². The number of piperazine rings is 1. The zero-order valence-corrected chi connectivity index (χ0v) is 17.4. The van der Waals surface area contributed by atoms with Crippen LogP contribution in [0.1, 0.15) is 11.1 Å². The maximum absolute atomic E-state index is 13.1. The molecule has 0 spiro atoms. The van der Waals surface area contributed by atoms with Crippen molar-refractivity contribution in [2.45, 2.75) is 18.0 Å². The van der Waals surface area contributed by atoms with Gasteiger partial charge in [0.25, 0.3) is 0 Å². The zero-order valence-electron chi connectivity index (χ0n) is 15.8. The van der Waals surface area contributed by atoms with Crippen molar-refractivity contribution in [1.82, 2.24) is 4.31 Å². The number of aryl methyl sites for hydroxylation is 1. The third kappa shape index (κ3) is 4.46. The lowest BCUT2D eigenvalue weighted by Crippen LogP contribution is -2.48. The summed E-state index contributed by atoms with van der Waals surface area (Å²) in [5.41, 5.74) is 0.369. The molecule has 0 aliphatic carbocycles. The van der Waals surface area contributed by atoms with E-state index in [1.807, 2.05) is 0 Å². The van der Waals surface area contributed by atoms with Crippen molar-refractivity contribution in [2.75, 3.05) is 38.2 Å². The van der Waals surface area contributed by atoms with E-state index in [-0.39, 0.29) is 36.8 Å². The lowest BCUT2D eigenvalue weighted by Gasteiger charge is -2.35. The summed E-state index contributed by atoms with van der Waals surface area (Å²) >= 11 is 6.10. The van der Waals surface area contributed by atoms with Crippen molar-refractivity contribution >= 4 is 27.3 Å². The lowest BCUT2D eigenvalue weighted by atomic mass is 10.1. The predicted molar refractivity (Wildman–Crippen MR) is 105 cm³/mol. The largest absolute Gasteiger partial charge is 0.495 e. The minimum Gasteiger partial charge on any atom is -0.495 e. The average molecular weight is 449 g/mol. The highest BCUT2D eigenvalue weighted by Crippen LogP contribution is 2.34. The van der Waals surface area contributed by atoms with E-state index in [4.69, 9.17) is 16.3 Å². The minimum atomic E-state index is -4.43. The van der Waals surface area contributed by atoms with E-state index in [0.29, 0.717) is 16.3 Å². The van der Waals surface area contributed by atoms with Crippen LogP contribution in [-0.2, 0) is 16.2 Å². The van der Waals surface area contributed by atoms with Crippen LogP contribution < -0.4 is 9.64 Å². The maximum Gasteiger partial charge on any atom is 0.416 e. The molecule has 1 saturated heterocycles. The van der Waals surface area contributed by atoms with Gasteiger partial charge in [-0.05, 0) is 42.8 Å². The first-order chi connectivity index (χ1) is 13.5. The molecular weight excluding hydrogens is 429 g/mol. The SMILES string of the molecule is COc1cc(C)c(Cl)cc1S(=O)(=O)N1CCN(c2cccc(C(F)(F)F)c2)CC1. The molecule has 0 bridgehead atoms. The average Bonchev–Trinajstić information content (AvgIpc) is 2.69. The van der Waals surface area contributed by atoms with Gasteiger partial charge in [0.05, 0.1) is 12.7 Å². The molecule has 0 radical (unpaired) electrons. The fourth-order valence-electron chi connectivity index (χ4n) is 3.20. The molecule has 0 saturated carbocycles. The summed E-state index contributed by atoms with van der Waals surface area (Å²) in [6.07, 6.45) is -4.43. The van der Waals surface area contributed by atoms with Gasteiger partial charge < -0.3 is 9.64 Å². The van der Waals surface area contributed by atoms with Crippen LogP contribution in [0.15, 0.2) is 41.3 Å². The van der Waals surface area contributed by atoms with Gasteiger partial charge in [0.15, 0.2) is 0 Å². The van der Waals surface area contributed by atoms with Crippen molar-refractivity contribution in [3.05, 3.63) is 52.5 Å². The van der Waals surface area contributed by atoms with E-state index in [1.54, 1.807) is 24.0 Å². The molecule has 3 rings (SSSR count). The number of halogens is 4.